The number of halogens is 1. The standard InChI is InChI=1S/2C6H6O.C2H6O2S.2C2H6.CH3Br/c2*7-6-4-2-1-3-5-6;1-5(2,3)4;3*1-2/h2*1-5,7H;1-2H3;2*1-2H3;1H3. The first-order valence-electron chi connectivity index (χ1n) is 7.80. The van der Waals surface area contributed by atoms with E-state index in [1.807, 2.05) is 45.7 Å². The summed E-state index contributed by atoms with van der Waals surface area (Å²) in [6.07, 6.45) is 2.32. The van der Waals surface area contributed by atoms with Gasteiger partial charge in [-0.05, 0) is 30.1 Å². The van der Waals surface area contributed by atoms with Gasteiger partial charge in [-0.3, -0.25) is 0 Å². The van der Waals surface area contributed by atoms with Crippen molar-refractivity contribution in [2.75, 3.05) is 18.3 Å². The molecule has 0 radical (unpaired) electrons. The van der Waals surface area contributed by atoms with Gasteiger partial charge in [0.1, 0.15) is 21.3 Å². The molecule has 0 fully saturated rings. The molecule has 0 amide bonds. The maximum atomic E-state index is 9.63. The van der Waals surface area contributed by atoms with Crippen LogP contribution in [0.5, 0.6) is 11.5 Å². The molecule has 0 aliphatic rings. The molecule has 0 unspecified atom stereocenters. The summed E-state index contributed by atoms with van der Waals surface area (Å²) in [5, 5.41) is 17.3. The van der Waals surface area contributed by atoms with Gasteiger partial charge in [0.2, 0.25) is 0 Å². The number of phenolic OH excluding ortho intramolecular Hbond substituents is 2. The van der Waals surface area contributed by atoms with Crippen LogP contribution in [0.3, 0.4) is 0 Å². The lowest BCUT2D eigenvalue weighted by atomic mass is 10.3. The van der Waals surface area contributed by atoms with Gasteiger partial charge in [-0.25, -0.2) is 8.42 Å². The van der Waals surface area contributed by atoms with E-state index in [1.165, 1.54) is 0 Å². The average Bonchev–Trinajstić information content (AvgIpc) is 2.61. The summed E-state index contributed by atoms with van der Waals surface area (Å²) in [4.78, 5) is 0. The normalized spacial score (nSPS) is 7.84. The fourth-order valence-electron chi connectivity index (χ4n) is 0.856. The minimum absolute atomic E-state index is 0.322. The molecule has 6 heteroatoms. The monoisotopic (exact) mass is 436 g/mol. The zero-order valence-corrected chi connectivity index (χ0v) is 18.7. The predicted octanol–water partition coefficient (Wildman–Crippen LogP) is 5.51. The van der Waals surface area contributed by atoms with Gasteiger partial charge in [0.15, 0.2) is 0 Å². The number of phenols is 2. The molecule has 25 heavy (non-hydrogen) atoms. The lowest BCUT2D eigenvalue weighted by molar-refractivity contribution is 0.475. The van der Waals surface area contributed by atoms with Crippen LogP contribution in [0, 0.1) is 0 Å². The van der Waals surface area contributed by atoms with Crippen molar-refractivity contribution < 1.29 is 18.6 Å². The zero-order chi connectivity index (χ0) is 20.7. The minimum Gasteiger partial charge on any atom is -0.508 e. The van der Waals surface area contributed by atoms with Crippen molar-refractivity contribution in [2.24, 2.45) is 0 Å². The molecule has 4 nitrogen and oxygen atoms in total. The number of alkyl halides is 1. The Balaban J connectivity index is -0.000000116. The third-order valence-corrected chi connectivity index (χ3v) is 1.51. The van der Waals surface area contributed by atoms with Crippen LogP contribution in [-0.2, 0) is 9.84 Å². The number of sulfone groups is 1. The quantitative estimate of drug-likeness (QED) is 0.533. The van der Waals surface area contributed by atoms with Crippen LogP contribution < -0.4 is 0 Å². The summed E-state index contributed by atoms with van der Waals surface area (Å²) < 4.78 is 19.3. The lowest BCUT2D eigenvalue weighted by Crippen LogP contribution is -1.86. The molecule has 0 atom stereocenters. The van der Waals surface area contributed by atoms with E-state index in [2.05, 4.69) is 15.9 Å². The third kappa shape index (κ3) is 45.0. The highest BCUT2D eigenvalue weighted by atomic mass is 79.9. The predicted molar refractivity (Wildman–Crippen MR) is 115 cm³/mol. The lowest BCUT2D eigenvalue weighted by Gasteiger charge is -1.82. The van der Waals surface area contributed by atoms with Gasteiger partial charge in [0.25, 0.3) is 0 Å². The fourth-order valence-corrected chi connectivity index (χ4v) is 0.856. The van der Waals surface area contributed by atoms with Crippen molar-refractivity contribution in [2.45, 2.75) is 27.7 Å². The highest BCUT2D eigenvalue weighted by Gasteiger charge is 1.79. The van der Waals surface area contributed by atoms with Gasteiger partial charge < -0.3 is 10.2 Å². The van der Waals surface area contributed by atoms with E-state index in [1.54, 1.807) is 48.5 Å². The van der Waals surface area contributed by atoms with Crippen LogP contribution in [0.4, 0.5) is 0 Å². The molecular weight excluding hydrogens is 404 g/mol. The number of rotatable bonds is 0. The summed E-state index contributed by atoms with van der Waals surface area (Å²) in [6.45, 7) is 8.00. The van der Waals surface area contributed by atoms with Gasteiger partial charge in [0.05, 0.1) is 0 Å². The first-order valence-corrected chi connectivity index (χ1v) is 11.7. The van der Waals surface area contributed by atoms with Crippen LogP contribution in [0.2, 0.25) is 0 Å². The largest absolute Gasteiger partial charge is 0.508 e. The Morgan fingerprint density at radius 2 is 0.800 bits per heavy atom. The molecule has 0 bridgehead atoms. The zero-order valence-electron chi connectivity index (χ0n) is 16.3. The Morgan fingerprint density at radius 1 is 0.640 bits per heavy atom. The second-order valence-corrected chi connectivity index (χ2v) is 6.10. The Morgan fingerprint density at radius 3 is 0.880 bits per heavy atom. The molecule has 2 N–H and O–H groups in total. The van der Waals surface area contributed by atoms with Crippen LogP contribution in [-0.4, -0.2) is 37.0 Å². The molecule has 0 aliphatic carbocycles. The topological polar surface area (TPSA) is 74.6 Å². The molecule has 0 aromatic heterocycles. The van der Waals surface area contributed by atoms with Crippen molar-refractivity contribution >= 4 is 25.8 Å². The molecule has 2 rings (SSSR count). The molecule has 2 aromatic carbocycles. The van der Waals surface area contributed by atoms with Crippen molar-refractivity contribution in [1.29, 1.82) is 0 Å². The van der Waals surface area contributed by atoms with Gasteiger partial charge >= 0.3 is 0 Å². The summed E-state index contributed by atoms with van der Waals surface area (Å²) in [7, 11) is -2.67. The van der Waals surface area contributed by atoms with E-state index in [0.717, 1.165) is 12.5 Å². The fraction of sp³-hybridized carbons (Fsp3) is 0.368. The van der Waals surface area contributed by atoms with Crippen LogP contribution in [0.1, 0.15) is 27.7 Å². The molecule has 0 aliphatic heterocycles. The van der Waals surface area contributed by atoms with Crippen LogP contribution in [0.25, 0.3) is 0 Å². The molecule has 0 saturated heterocycles. The van der Waals surface area contributed by atoms with Gasteiger partial charge in [-0.1, -0.05) is 80.0 Å². The van der Waals surface area contributed by atoms with Gasteiger partial charge in [0, 0.05) is 12.5 Å². The first-order chi connectivity index (χ1) is 11.8. The highest BCUT2D eigenvalue weighted by Crippen LogP contribution is 2.03. The van der Waals surface area contributed by atoms with E-state index in [-0.39, 0.29) is 0 Å². The number of para-hydroxylation sites is 2. The third-order valence-electron chi connectivity index (χ3n) is 1.51. The van der Waals surface area contributed by atoms with Crippen molar-refractivity contribution in [3.63, 3.8) is 0 Å². The van der Waals surface area contributed by atoms with E-state index in [0.29, 0.717) is 11.5 Å². The summed E-state index contributed by atoms with van der Waals surface area (Å²) >= 11 is 2.94. The molecular formula is C19H33BrO4S. The molecule has 0 saturated carbocycles. The second kappa shape index (κ2) is 24.7. The van der Waals surface area contributed by atoms with Crippen molar-refractivity contribution in [1.82, 2.24) is 0 Å². The van der Waals surface area contributed by atoms with Gasteiger partial charge in [-0.2, -0.15) is 0 Å². The number of aromatic hydroxyl groups is 2. The Labute approximate surface area is 162 Å². The molecule has 0 spiro atoms. The Kier molecular flexibility index (Phi) is 30.9. The van der Waals surface area contributed by atoms with E-state index >= 15 is 0 Å². The average molecular weight is 437 g/mol. The Bertz CT molecular complexity index is 499. The van der Waals surface area contributed by atoms with Gasteiger partial charge in [-0.15, -0.1) is 0 Å². The number of benzene rings is 2. The first kappa shape index (κ1) is 31.3. The number of hydrogen-bond acceptors (Lipinski definition) is 4. The van der Waals surface area contributed by atoms with E-state index < -0.39 is 9.84 Å². The maximum absolute atomic E-state index is 9.63. The highest BCUT2D eigenvalue weighted by molar-refractivity contribution is 9.08. The second-order valence-electron chi connectivity index (χ2n) is 3.81. The van der Waals surface area contributed by atoms with E-state index in [9.17, 15) is 8.42 Å². The van der Waals surface area contributed by atoms with Crippen molar-refractivity contribution in [3.8, 4) is 11.5 Å². The summed E-state index contributed by atoms with van der Waals surface area (Å²) in [5.41, 5.74) is 0. The smallest absolute Gasteiger partial charge is 0.144 e. The van der Waals surface area contributed by atoms with Crippen LogP contribution >= 0.6 is 15.9 Å². The summed E-state index contributed by atoms with van der Waals surface area (Å²) in [5.74, 6) is 2.46. The summed E-state index contributed by atoms with van der Waals surface area (Å²) in [6, 6.07) is 17.4. The van der Waals surface area contributed by atoms with Crippen LogP contribution in [0.15, 0.2) is 60.7 Å². The Hall–Kier alpha value is -1.53. The molecule has 0 heterocycles. The molecule has 2 aromatic rings. The molecule has 146 valence electrons. The maximum Gasteiger partial charge on any atom is 0.144 e. The SMILES string of the molecule is CBr.CC.CC.CS(C)(=O)=O.Oc1ccccc1.Oc1ccccc1. The number of hydrogen-bond donors (Lipinski definition) is 2. The minimum atomic E-state index is -2.67. The van der Waals surface area contributed by atoms with E-state index in [4.69, 9.17) is 10.2 Å². The van der Waals surface area contributed by atoms with Crippen molar-refractivity contribution in [3.05, 3.63) is 60.7 Å².